The van der Waals surface area contributed by atoms with Crippen molar-refractivity contribution in [3.05, 3.63) is 24.0 Å². The molecule has 1 N–H and O–H groups in total. The third kappa shape index (κ3) is 2.59. The van der Waals surface area contributed by atoms with Crippen LogP contribution in [-0.4, -0.2) is 15.6 Å². The van der Waals surface area contributed by atoms with Gasteiger partial charge in [-0.05, 0) is 18.6 Å². The molecule has 0 saturated heterocycles. The minimum Gasteiger partial charge on any atom is -0.480 e. The molecule has 4 nitrogen and oxygen atoms in total. The first-order chi connectivity index (χ1) is 7.20. The molecule has 1 unspecified atom stereocenters. The quantitative estimate of drug-likeness (QED) is 0.802. The van der Waals surface area contributed by atoms with Gasteiger partial charge in [0.1, 0.15) is 17.8 Å². The standard InChI is InChI=1S/C11H14N2O2/c1-2-3-6-10(11(14)15)13-7-4-5-9(13)8-12/h4-5,7,10H,2-3,6H2,1H3,(H,14,15). The summed E-state index contributed by atoms with van der Waals surface area (Å²) in [4.78, 5) is 11.0. The first kappa shape index (κ1) is 11.3. The van der Waals surface area contributed by atoms with E-state index in [0.717, 1.165) is 12.8 Å². The third-order valence-electron chi connectivity index (χ3n) is 2.35. The van der Waals surface area contributed by atoms with E-state index in [9.17, 15) is 4.79 Å². The molecule has 0 aliphatic heterocycles. The molecule has 1 rings (SSSR count). The van der Waals surface area contributed by atoms with Gasteiger partial charge < -0.3 is 9.67 Å². The van der Waals surface area contributed by atoms with Crippen molar-refractivity contribution >= 4 is 5.97 Å². The number of aliphatic carboxylic acids is 1. The Labute approximate surface area is 88.8 Å². The Kier molecular flexibility index (Phi) is 3.92. The van der Waals surface area contributed by atoms with Crippen LogP contribution in [0.2, 0.25) is 0 Å². The number of rotatable bonds is 5. The highest BCUT2D eigenvalue weighted by molar-refractivity contribution is 5.72. The van der Waals surface area contributed by atoms with Crippen molar-refractivity contribution in [2.24, 2.45) is 0 Å². The molecule has 0 saturated carbocycles. The third-order valence-corrected chi connectivity index (χ3v) is 2.35. The molecular weight excluding hydrogens is 192 g/mol. The minimum absolute atomic E-state index is 0.401. The van der Waals surface area contributed by atoms with E-state index in [-0.39, 0.29) is 0 Å². The smallest absolute Gasteiger partial charge is 0.326 e. The Morgan fingerprint density at radius 3 is 3.00 bits per heavy atom. The summed E-state index contributed by atoms with van der Waals surface area (Å²) in [6.07, 6.45) is 4.01. The number of hydrogen-bond acceptors (Lipinski definition) is 2. The van der Waals surface area contributed by atoms with Crippen LogP contribution in [0, 0.1) is 11.3 Å². The zero-order valence-corrected chi connectivity index (χ0v) is 8.68. The highest BCUT2D eigenvalue weighted by Crippen LogP contribution is 2.18. The number of nitrogens with zero attached hydrogens (tertiary/aromatic N) is 2. The molecule has 0 radical (unpaired) electrons. The Bertz CT molecular complexity index is 376. The first-order valence-corrected chi connectivity index (χ1v) is 5.00. The van der Waals surface area contributed by atoms with Gasteiger partial charge >= 0.3 is 5.97 Å². The summed E-state index contributed by atoms with van der Waals surface area (Å²) < 4.78 is 1.53. The van der Waals surface area contributed by atoms with Crippen molar-refractivity contribution < 1.29 is 9.90 Å². The van der Waals surface area contributed by atoms with Crippen molar-refractivity contribution in [2.45, 2.75) is 32.2 Å². The van der Waals surface area contributed by atoms with Crippen LogP contribution in [0.4, 0.5) is 0 Å². The molecular formula is C11H14N2O2. The van der Waals surface area contributed by atoms with Gasteiger partial charge in [-0.3, -0.25) is 0 Å². The molecule has 80 valence electrons. The maximum absolute atomic E-state index is 11.0. The molecule has 0 aliphatic rings. The maximum Gasteiger partial charge on any atom is 0.326 e. The molecule has 0 amide bonds. The fourth-order valence-electron chi connectivity index (χ4n) is 1.54. The lowest BCUT2D eigenvalue weighted by molar-refractivity contribution is -0.141. The molecule has 0 spiro atoms. The number of aromatic nitrogens is 1. The molecule has 0 fully saturated rings. The predicted octanol–water partition coefficient (Wildman–Crippen LogP) is 2.18. The molecule has 0 aliphatic carbocycles. The van der Waals surface area contributed by atoms with Crippen molar-refractivity contribution in [3.63, 3.8) is 0 Å². The monoisotopic (exact) mass is 206 g/mol. The SMILES string of the molecule is CCCCC(C(=O)O)n1cccc1C#N. The number of nitriles is 1. The highest BCUT2D eigenvalue weighted by Gasteiger charge is 2.20. The zero-order chi connectivity index (χ0) is 11.3. The lowest BCUT2D eigenvalue weighted by Crippen LogP contribution is -2.19. The number of carbonyl (C=O) groups is 1. The van der Waals surface area contributed by atoms with Gasteiger partial charge in [0.15, 0.2) is 0 Å². The zero-order valence-electron chi connectivity index (χ0n) is 8.68. The fraction of sp³-hybridized carbons (Fsp3) is 0.455. The number of carboxylic acids is 1. The number of unbranched alkanes of at least 4 members (excludes halogenated alkanes) is 1. The van der Waals surface area contributed by atoms with Gasteiger partial charge in [-0.2, -0.15) is 5.26 Å². The van der Waals surface area contributed by atoms with E-state index >= 15 is 0 Å². The van der Waals surface area contributed by atoms with Gasteiger partial charge in [0.05, 0.1) is 0 Å². The van der Waals surface area contributed by atoms with Gasteiger partial charge in [-0.15, -0.1) is 0 Å². The van der Waals surface area contributed by atoms with Crippen LogP contribution >= 0.6 is 0 Å². The van der Waals surface area contributed by atoms with Crippen molar-refractivity contribution in [2.75, 3.05) is 0 Å². The van der Waals surface area contributed by atoms with Crippen LogP contribution in [0.25, 0.3) is 0 Å². The van der Waals surface area contributed by atoms with E-state index in [1.54, 1.807) is 18.3 Å². The van der Waals surface area contributed by atoms with Crippen LogP contribution in [0.1, 0.15) is 37.9 Å². The average Bonchev–Trinajstić information content (AvgIpc) is 2.66. The van der Waals surface area contributed by atoms with Gasteiger partial charge in [0.2, 0.25) is 0 Å². The topological polar surface area (TPSA) is 66.0 Å². The van der Waals surface area contributed by atoms with E-state index in [2.05, 4.69) is 0 Å². The molecule has 0 aromatic carbocycles. The van der Waals surface area contributed by atoms with Gasteiger partial charge in [-0.25, -0.2) is 4.79 Å². The molecule has 1 heterocycles. The van der Waals surface area contributed by atoms with Crippen molar-refractivity contribution in [1.29, 1.82) is 5.26 Å². The van der Waals surface area contributed by atoms with E-state index in [1.807, 2.05) is 13.0 Å². The molecule has 4 heteroatoms. The second kappa shape index (κ2) is 5.20. The summed E-state index contributed by atoms with van der Waals surface area (Å²) in [5, 5.41) is 17.9. The van der Waals surface area contributed by atoms with Crippen molar-refractivity contribution in [3.8, 4) is 6.07 Å². The Balaban J connectivity index is 2.89. The molecule has 1 aromatic rings. The van der Waals surface area contributed by atoms with E-state index in [1.165, 1.54) is 4.57 Å². The highest BCUT2D eigenvalue weighted by atomic mass is 16.4. The predicted molar refractivity (Wildman–Crippen MR) is 55.3 cm³/mol. The van der Waals surface area contributed by atoms with Gasteiger partial charge in [0.25, 0.3) is 0 Å². The molecule has 1 atom stereocenters. The van der Waals surface area contributed by atoms with Crippen LogP contribution in [0.15, 0.2) is 18.3 Å². The lowest BCUT2D eigenvalue weighted by atomic mass is 10.1. The molecule has 0 bridgehead atoms. The second-order valence-corrected chi connectivity index (χ2v) is 3.41. The lowest BCUT2D eigenvalue weighted by Gasteiger charge is -2.14. The summed E-state index contributed by atoms with van der Waals surface area (Å²) >= 11 is 0. The average molecular weight is 206 g/mol. The molecule has 1 aromatic heterocycles. The van der Waals surface area contributed by atoms with Crippen LogP contribution < -0.4 is 0 Å². The molecule has 15 heavy (non-hydrogen) atoms. The normalized spacial score (nSPS) is 12.0. The minimum atomic E-state index is -0.879. The Morgan fingerprint density at radius 1 is 1.73 bits per heavy atom. The Morgan fingerprint density at radius 2 is 2.47 bits per heavy atom. The largest absolute Gasteiger partial charge is 0.480 e. The van der Waals surface area contributed by atoms with E-state index in [0.29, 0.717) is 12.1 Å². The van der Waals surface area contributed by atoms with Crippen LogP contribution in [0.5, 0.6) is 0 Å². The summed E-state index contributed by atoms with van der Waals surface area (Å²) in [5.41, 5.74) is 0.401. The van der Waals surface area contributed by atoms with E-state index in [4.69, 9.17) is 10.4 Å². The number of carboxylic acid groups (broad SMARTS) is 1. The van der Waals surface area contributed by atoms with Crippen LogP contribution in [-0.2, 0) is 4.79 Å². The second-order valence-electron chi connectivity index (χ2n) is 3.41. The maximum atomic E-state index is 11.0. The number of hydrogen-bond donors (Lipinski definition) is 1. The van der Waals surface area contributed by atoms with Crippen LogP contribution in [0.3, 0.4) is 0 Å². The first-order valence-electron chi connectivity index (χ1n) is 5.00. The van der Waals surface area contributed by atoms with E-state index < -0.39 is 12.0 Å². The fourth-order valence-corrected chi connectivity index (χ4v) is 1.54. The summed E-state index contributed by atoms with van der Waals surface area (Å²) in [7, 11) is 0. The van der Waals surface area contributed by atoms with Gasteiger partial charge in [0, 0.05) is 6.20 Å². The summed E-state index contributed by atoms with van der Waals surface area (Å²) in [5.74, 6) is -0.879. The van der Waals surface area contributed by atoms with Crippen molar-refractivity contribution in [1.82, 2.24) is 4.57 Å². The Hall–Kier alpha value is -1.76. The summed E-state index contributed by atoms with van der Waals surface area (Å²) in [6.45, 7) is 2.01. The summed E-state index contributed by atoms with van der Waals surface area (Å²) in [6, 6.07) is 4.69. The van der Waals surface area contributed by atoms with Gasteiger partial charge in [-0.1, -0.05) is 19.8 Å².